The summed E-state index contributed by atoms with van der Waals surface area (Å²) in [5.74, 6) is -1.65. The Kier molecular flexibility index (Phi) is 3.94. The van der Waals surface area contributed by atoms with Crippen LogP contribution in [0.25, 0.3) is 11.2 Å². The molecule has 24 heavy (non-hydrogen) atoms. The molecule has 0 aliphatic rings. The molecule has 0 spiro atoms. The van der Waals surface area contributed by atoms with E-state index in [2.05, 4.69) is 4.98 Å². The molecule has 8 nitrogen and oxygen atoms in total. The molecule has 2 heterocycles. The van der Waals surface area contributed by atoms with Crippen molar-refractivity contribution in [3.8, 4) is 0 Å². The minimum Gasteiger partial charge on any atom is -0.406 e. The van der Waals surface area contributed by atoms with Crippen molar-refractivity contribution >= 4 is 27.2 Å². The number of carbonyl (C=O) groups excluding carboxylic acids is 1. The molecule has 0 radical (unpaired) electrons. The molecule has 3 aromatic rings. The Morgan fingerprint density at radius 3 is 2.67 bits per heavy atom. The van der Waals surface area contributed by atoms with Crippen LogP contribution in [0, 0.1) is 6.92 Å². The summed E-state index contributed by atoms with van der Waals surface area (Å²) in [4.78, 5) is 27.7. The molecule has 1 aromatic carbocycles. The Hall–Kier alpha value is -2.94. The van der Waals surface area contributed by atoms with Crippen LogP contribution < -0.4 is 10.5 Å². The third-order valence-electron chi connectivity index (χ3n) is 3.31. The van der Waals surface area contributed by atoms with Gasteiger partial charge in [-0.25, -0.2) is 27.5 Å². The molecule has 0 fully saturated rings. The Bertz CT molecular complexity index is 1060. The molecule has 1 amide bonds. The number of nitrogens with one attached hydrogen (secondary N) is 1. The fraction of sp³-hybridized carbons (Fsp3) is 0.133. The lowest BCUT2D eigenvalue weighted by molar-refractivity contribution is -0.119. The molecule has 3 rings (SSSR count). The number of rotatable bonds is 4. The molecule has 9 heteroatoms. The highest BCUT2D eigenvalue weighted by molar-refractivity contribution is 7.90. The fourth-order valence-electron chi connectivity index (χ4n) is 2.14. The average Bonchev–Trinajstić information content (AvgIpc) is 2.83. The van der Waals surface area contributed by atoms with Crippen LogP contribution in [0.3, 0.4) is 0 Å². The van der Waals surface area contributed by atoms with E-state index in [9.17, 15) is 18.0 Å². The van der Waals surface area contributed by atoms with Gasteiger partial charge in [-0.15, -0.1) is 0 Å². The molecule has 0 aliphatic carbocycles. The van der Waals surface area contributed by atoms with E-state index in [0.29, 0.717) is 0 Å². The molecule has 0 saturated heterocycles. The Balaban J connectivity index is 1.83. The molecule has 0 bridgehead atoms. The molecule has 124 valence electrons. The van der Waals surface area contributed by atoms with Gasteiger partial charge in [0.2, 0.25) is 0 Å². The summed E-state index contributed by atoms with van der Waals surface area (Å²) in [5, 5.41) is 0. The fourth-order valence-corrected chi connectivity index (χ4v) is 3.12. The highest BCUT2D eigenvalue weighted by Crippen LogP contribution is 2.11. The van der Waals surface area contributed by atoms with Crippen molar-refractivity contribution in [2.75, 3.05) is 0 Å². The Morgan fingerprint density at radius 1 is 1.25 bits per heavy atom. The van der Waals surface area contributed by atoms with Crippen LogP contribution in [-0.4, -0.2) is 23.9 Å². The smallest absolute Gasteiger partial charge is 0.406 e. The molecule has 1 N–H and O–H groups in total. The number of carbonyl (C=O) groups is 1. The van der Waals surface area contributed by atoms with Crippen molar-refractivity contribution in [2.45, 2.75) is 18.4 Å². The zero-order valence-electron chi connectivity index (χ0n) is 12.6. The van der Waals surface area contributed by atoms with Crippen LogP contribution in [-0.2, 0) is 21.4 Å². The highest BCUT2D eigenvalue weighted by atomic mass is 32.2. The van der Waals surface area contributed by atoms with Crippen molar-refractivity contribution in [1.29, 1.82) is 0 Å². The number of sulfonamides is 1. The SMILES string of the molecule is Cc1ccc(S(=O)(=O)NC(=O)Cn2c(=O)oc3cccnc32)cc1. The zero-order valence-corrected chi connectivity index (χ0v) is 13.4. The first kappa shape index (κ1) is 15.9. The predicted molar refractivity (Wildman–Crippen MR) is 84.8 cm³/mol. The summed E-state index contributed by atoms with van der Waals surface area (Å²) in [6.45, 7) is 1.30. The molecule has 0 atom stereocenters. The van der Waals surface area contributed by atoms with Crippen molar-refractivity contribution < 1.29 is 17.6 Å². The topological polar surface area (TPSA) is 111 Å². The lowest BCUT2D eigenvalue weighted by atomic mass is 10.2. The minimum atomic E-state index is -4.01. The van der Waals surface area contributed by atoms with Gasteiger partial charge in [0.1, 0.15) is 6.54 Å². The first-order valence-electron chi connectivity index (χ1n) is 6.93. The van der Waals surface area contributed by atoms with Crippen LogP contribution in [0.5, 0.6) is 0 Å². The van der Waals surface area contributed by atoms with Gasteiger partial charge in [0, 0.05) is 6.20 Å². The first-order chi connectivity index (χ1) is 11.4. The molecular weight excluding hydrogens is 334 g/mol. The van der Waals surface area contributed by atoms with Gasteiger partial charge in [0.25, 0.3) is 15.9 Å². The monoisotopic (exact) mass is 347 g/mol. The number of benzene rings is 1. The normalized spacial score (nSPS) is 11.5. The Labute approximate surface area is 136 Å². The molecule has 0 saturated carbocycles. The van der Waals surface area contributed by atoms with Crippen LogP contribution in [0.1, 0.15) is 5.56 Å². The molecule has 0 aliphatic heterocycles. The van der Waals surface area contributed by atoms with Gasteiger partial charge in [0.05, 0.1) is 4.90 Å². The van der Waals surface area contributed by atoms with E-state index in [1.807, 2.05) is 11.6 Å². The second-order valence-corrected chi connectivity index (χ2v) is 6.80. The standard InChI is InChI=1S/C15H13N3O5S/c1-10-4-6-11(7-5-10)24(21,22)17-13(19)9-18-14-12(23-15(18)20)3-2-8-16-14/h2-8H,9H2,1H3,(H,17,19). The molecular formula is C15H13N3O5S. The van der Waals surface area contributed by atoms with E-state index in [0.717, 1.165) is 10.1 Å². The molecule has 2 aromatic heterocycles. The maximum absolute atomic E-state index is 12.2. The maximum Gasteiger partial charge on any atom is 0.421 e. The summed E-state index contributed by atoms with van der Waals surface area (Å²) in [6.07, 6.45) is 1.44. The number of oxazole rings is 1. The second-order valence-electron chi connectivity index (χ2n) is 5.12. The Morgan fingerprint density at radius 2 is 1.96 bits per heavy atom. The summed E-state index contributed by atoms with van der Waals surface area (Å²) < 4.78 is 32.2. The van der Waals surface area contributed by atoms with Gasteiger partial charge in [-0.1, -0.05) is 17.7 Å². The van der Waals surface area contributed by atoms with E-state index < -0.39 is 28.2 Å². The van der Waals surface area contributed by atoms with Gasteiger partial charge >= 0.3 is 5.76 Å². The third-order valence-corrected chi connectivity index (χ3v) is 4.69. The largest absolute Gasteiger partial charge is 0.421 e. The van der Waals surface area contributed by atoms with E-state index in [1.165, 1.54) is 24.4 Å². The van der Waals surface area contributed by atoms with Crippen LogP contribution in [0.4, 0.5) is 0 Å². The van der Waals surface area contributed by atoms with E-state index in [1.54, 1.807) is 18.2 Å². The van der Waals surface area contributed by atoms with E-state index in [4.69, 9.17) is 4.42 Å². The van der Waals surface area contributed by atoms with E-state index >= 15 is 0 Å². The number of amides is 1. The number of fused-ring (bicyclic) bond motifs is 1. The summed E-state index contributed by atoms with van der Waals surface area (Å²) in [7, 11) is -4.01. The number of hydrogen-bond donors (Lipinski definition) is 1. The number of hydrogen-bond acceptors (Lipinski definition) is 6. The van der Waals surface area contributed by atoms with Gasteiger partial charge in [-0.05, 0) is 31.2 Å². The maximum atomic E-state index is 12.2. The lowest BCUT2D eigenvalue weighted by Crippen LogP contribution is -2.35. The highest BCUT2D eigenvalue weighted by Gasteiger charge is 2.20. The zero-order chi connectivity index (χ0) is 17.3. The lowest BCUT2D eigenvalue weighted by Gasteiger charge is -2.07. The minimum absolute atomic E-state index is 0.0380. The van der Waals surface area contributed by atoms with E-state index in [-0.39, 0.29) is 16.1 Å². The van der Waals surface area contributed by atoms with Crippen molar-refractivity contribution in [3.05, 3.63) is 58.7 Å². The summed E-state index contributed by atoms with van der Waals surface area (Å²) in [5.41, 5.74) is 1.28. The summed E-state index contributed by atoms with van der Waals surface area (Å²) in [6, 6.07) is 9.14. The second kappa shape index (κ2) is 5.93. The van der Waals surface area contributed by atoms with Crippen molar-refractivity contribution in [1.82, 2.24) is 14.3 Å². The number of aryl methyl sites for hydroxylation is 1. The number of nitrogens with zero attached hydrogens (tertiary/aromatic N) is 2. The van der Waals surface area contributed by atoms with Crippen molar-refractivity contribution in [3.63, 3.8) is 0 Å². The first-order valence-corrected chi connectivity index (χ1v) is 8.42. The van der Waals surface area contributed by atoms with Gasteiger partial charge in [0.15, 0.2) is 11.2 Å². The molecule has 0 unspecified atom stereocenters. The van der Waals surface area contributed by atoms with Crippen LogP contribution in [0.2, 0.25) is 0 Å². The van der Waals surface area contributed by atoms with Crippen molar-refractivity contribution in [2.24, 2.45) is 0 Å². The van der Waals surface area contributed by atoms with Crippen LogP contribution in [0.15, 0.2) is 56.7 Å². The van der Waals surface area contributed by atoms with Crippen LogP contribution >= 0.6 is 0 Å². The predicted octanol–water partition coefficient (Wildman–Crippen LogP) is 0.803. The third kappa shape index (κ3) is 3.06. The number of pyridine rings is 1. The van der Waals surface area contributed by atoms with Gasteiger partial charge in [-0.2, -0.15) is 0 Å². The number of aromatic nitrogens is 2. The van der Waals surface area contributed by atoms with Gasteiger partial charge in [-0.3, -0.25) is 4.79 Å². The quantitative estimate of drug-likeness (QED) is 0.747. The average molecular weight is 347 g/mol. The van der Waals surface area contributed by atoms with Gasteiger partial charge < -0.3 is 4.42 Å². The summed E-state index contributed by atoms with van der Waals surface area (Å²) >= 11 is 0.